The van der Waals surface area contributed by atoms with Crippen molar-refractivity contribution in [3.63, 3.8) is 0 Å². The van der Waals surface area contributed by atoms with Crippen LogP contribution in [0.1, 0.15) is 63.1 Å². The molecule has 37 heavy (non-hydrogen) atoms. The fourth-order valence-electron chi connectivity index (χ4n) is 5.95. The number of nitrogens with two attached hydrogens (primary N) is 1. The fraction of sp³-hybridized carbons (Fsp3) is 0.607. The number of hydrogen-bond acceptors (Lipinski definition) is 8. The summed E-state index contributed by atoms with van der Waals surface area (Å²) in [5.41, 5.74) is 4.41. The van der Waals surface area contributed by atoms with Crippen LogP contribution in [0.5, 0.6) is 5.75 Å². The zero-order chi connectivity index (χ0) is 27.9. The van der Waals surface area contributed by atoms with Gasteiger partial charge in [0.2, 0.25) is 11.7 Å². The lowest BCUT2D eigenvalue weighted by molar-refractivity contribution is -0.163. The predicted molar refractivity (Wildman–Crippen MR) is 139 cm³/mol. The molecule has 1 aromatic rings. The van der Waals surface area contributed by atoms with Crippen molar-refractivity contribution in [3.8, 4) is 5.75 Å². The van der Waals surface area contributed by atoms with E-state index < -0.39 is 59.7 Å². The molecule has 1 aromatic carbocycles. The molecule has 2 aliphatic carbocycles. The summed E-state index contributed by atoms with van der Waals surface area (Å²) >= 11 is 0. The van der Waals surface area contributed by atoms with E-state index in [9.17, 15) is 34.8 Å². The van der Waals surface area contributed by atoms with Gasteiger partial charge in [0.15, 0.2) is 11.4 Å². The third-order valence-corrected chi connectivity index (χ3v) is 7.85. The van der Waals surface area contributed by atoms with E-state index in [2.05, 4.69) is 20.8 Å². The van der Waals surface area contributed by atoms with Crippen LogP contribution in [0, 0.1) is 17.3 Å². The van der Waals surface area contributed by atoms with E-state index in [0.717, 1.165) is 30.4 Å². The summed E-state index contributed by atoms with van der Waals surface area (Å²) in [6, 6.07) is 2.54. The van der Waals surface area contributed by atoms with Gasteiger partial charge in [-0.3, -0.25) is 14.4 Å². The monoisotopic (exact) mass is 516 g/mol. The van der Waals surface area contributed by atoms with Gasteiger partial charge in [-0.15, -0.1) is 0 Å². The highest BCUT2D eigenvalue weighted by molar-refractivity contribution is 6.23. The molecule has 0 spiro atoms. The Balaban J connectivity index is 2.14. The smallest absolute Gasteiger partial charge is 0.225 e. The molecule has 2 aliphatic rings. The van der Waals surface area contributed by atoms with E-state index in [1.165, 1.54) is 6.07 Å². The highest BCUT2D eigenvalue weighted by Gasteiger charge is 2.60. The largest absolute Gasteiger partial charge is 0.507 e. The summed E-state index contributed by atoms with van der Waals surface area (Å²) in [5, 5.41) is 43.7. The summed E-state index contributed by atoms with van der Waals surface area (Å²) in [6.07, 6.45) is 2.18. The van der Waals surface area contributed by atoms with Crippen molar-refractivity contribution in [1.82, 2.24) is 4.90 Å². The first-order chi connectivity index (χ1) is 17.1. The van der Waals surface area contributed by atoms with Crippen molar-refractivity contribution in [1.29, 1.82) is 0 Å². The number of benzene rings is 1. The first-order valence-electron chi connectivity index (χ1n) is 12.8. The lowest BCUT2D eigenvalue weighted by atomic mass is 9.59. The summed E-state index contributed by atoms with van der Waals surface area (Å²) < 4.78 is 0. The molecule has 9 nitrogen and oxygen atoms in total. The number of carbonyl (C=O) groups excluding carboxylic acids is 3. The van der Waals surface area contributed by atoms with E-state index in [4.69, 9.17) is 5.73 Å². The Kier molecular flexibility index (Phi) is 8.22. The van der Waals surface area contributed by atoms with Crippen molar-refractivity contribution in [2.24, 2.45) is 23.0 Å². The van der Waals surface area contributed by atoms with Crippen molar-refractivity contribution in [2.45, 2.75) is 70.9 Å². The second kappa shape index (κ2) is 10.6. The third kappa shape index (κ3) is 5.44. The first kappa shape index (κ1) is 28.8. The Morgan fingerprint density at radius 2 is 1.86 bits per heavy atom. The van der Waals surface area contributed by atoms with Crippen LogP contribution in [0.4, 0.5) is 0 Å². The molecule has 1 unspecified atom stereocenters. The number of nitrogens with zero attached hydrogens (tertiary/aromatic N) is 1. The van der Waals surface area contributed by atoms with Gasteiger partial charge in [0.05, 0.1) is 18.6 Å². The van der Waals surface area contributed by atoms with E-state index in [-0.39, 0.29) is 28.7 Å². The predicted octanol–water partition coefficient (Wildman–Crippen LogP) is 1.89. The number of primary amides is 1. The Morgan fingerprint density at radius 3 is 2.41 bits per heavy atom. The highest BCUT2D eigenvalue weighted by Crippen LogP contribution is 2.50. The van der Waals surface area contributed by atoms with E-state index >= 15 is 0 Å². The molecule has 0 heterocycles. The maximum Gasteiger partial charge on any atom is 0.225 e. The molecule has 1 amide bonds. The molecule has 204 valence electrons. The Hall–Kier alpha value is -2.75. The SMILES string of the molecule is CN(C)C(CO)[C@@H]1C[C@@H]2Cc3c(CCCC(C)(C)C)ccc(O)c3C(O)=C2C(=O)[C@]1(O)C(=O)CC(N)=O. The van der Waals surface area contributed by atoms with Crippen molar-refractivity contribution in [3.05, 3.63) is 34.4 Å². The topological polar surface area (TPSA) is 161 Å². The molecule has 1 saturated carbocycles. The Morgan fingerprint density at radius 1 is 1.22 bits per heavy atom. The lowest BCUT2D eigenvalue weighted by Gasteiger charge is -2.47. The fourth-order valence-corrected chi connectivity index (χ4v) is 5.95. The van der Waals surface area contributed by atoms with Gasteiger partial charge in [-0.1, -0.05) is 26.8 Å². The lowest BCUT2D eigenvalue weighted by Crippen LogP contribution is -2.64. The minimum absolute atomic E-state index is 0.103. The number of aliphatic hydroxyl groups excluding tert-OH is 2. The number of rotatable bonds is 9. The van der Waals surface area contributed by atoms with Crippen LogP contribution in [0.15, 0.2) is 17.7 Å². The molecule has 6 N–H and O–H groups in total. The van der Waals surface area contributed by atoms with Crippen LogP contribution >= 0.6 is 0 Å². The number of likely N-dealkylation sites (N-methyl/N-ethyl adjacent to an activating group) is 1. The van der Waals surface area contributed by atoms with Crippen LogP contribution in [0.2, 0.25) is 0 Å². The van der Waals surface area contributed by atoms with Gasteiger partial charge in [0.1, 0.15) is 11.5 Å². The number of phenols is 1. The number of aromatic hydroxyl groups is 1. The Bertz CT molecular complexity index is 1120. The van der Waals surface area contributed by atoms with Gasteiger partial charge in [-0.2, -0.15) is 0 Å². The van der Waals surface area contributed by atoms with Crippen LogP contribution in [-0.4, -0.2) is 75.1 Å². The average molecular weight is 517 g/mol. The summed E-state index contributed by atoms with van der Waals surface area (Å²) in [4.78, 5) is 40.1. The number of hydrogen-bond donors (Lipinski definition) is 5. The maximum absolute atomic E-state index is 13.8. The Labute approximate surface area is 218 Å². The molecule has 0 radical (unpaired) electrons. The van der Waals surface area contributed by atoms with Crippen LogP contribution in [0.25, 0.3) is 5.76 Å². The molecular weight excluding hydrogens is 476 g/mol. The van der Waals surface area contributed by atoms with E-state index in [1.54, 1.807) is 19.0 Å². The average Bonchev–Trinajstić information content (AvgIpc) is 2.77. The second-order valence-electron chi connectivity index (χ2n) is 11.9. The second-order valence-corrected chi connectivity index (χ2v) is 11.9. The number of Topliss-reactive ketones (excluding diaryl/α,β-unsaturated/α-hetero) is 2. The van der Waals surface area contributed by atoms with Gasteiger partial charge in [-0.25, -0.2) is 0 Å². The number of amides is 1. The zero-order valence-electron chi connectivity index (χ0n) is 22.4. The minimum Gasteiger partial charge on any atom is -0.507 e. The normalized spacial score (nSPS) is 24.6. The molecule has 0 aromatic heterocycles. The minimum atomic E-state index is -2.66. The van der Waals surface area contributed by atoms with Crippen molar-refractivity contribution in [2.75, 3.05) is 20.7 Å². The summed E-state index contributed by atoms with van der Waals surface area (Å²) in [6.45, 7) is 6.05. The number of fused-ring (bicyclic) bond motifs is 2. The quantitative estimate of drug-likeness (QED) is 0.311. The molecule has 0 aliphatic heterocycles. The summed E-state index contributed by atoms with van der Waals surface area (Å²) in [7, 11) is 3.32. The number of aryl methyl sites for hydroxylation is 1. The van der Waals surface area contributed by atoms with Gasteiger partial charge in [0, 0.05) is 17.5 Å². The molecule has 0 bridgehead atoms. The van der Waals surface area contributed by atoms with E-state index in [0.29, 0.717) is 6.42 Å². The van der Waals surface area contributed by atoms with Crippen LogP contribution in [0.3, 0.4) is 0 Å². The first-order valence-corrected chi connectivity index (χ1v) is 12.8. The van der Waals surface area contributed by atoms with Crippen LogP contribution < -0.4 is 5.73 Å². The highest BCUT2D eigenvalue weighted by atomic mass is 16.3. The van der Waals surface area contributed by atoms with E-state index in [1.807, 2.05) is 6.07 Å². The number of phenolic OH excluding ortho intramolecular Hbond substituents is 1. The standard InChI is InChI=1S/C28H40N2O7/c1-27(2,3)10-6-7-15-8-9-20(32)24-17(15)11-16-12-18(19(14-31)30(4)5)28(37,21(33)13-22(29)34)26(36)23(16)25(24)35/h8-9,16,18-19,31-32,35,37H,6-7,10-14H2,1-5H3,(H2,29,34)/t16-,18-,19?,28+/m0/s1. The van der Waals surface area contributed by atoms with Gasteiger partial charge < -0.3 is 31.1 Å². The molecule has 4 atom stereocenters. The number of ketones is 2. The number of aliphatic hydroxyl groups is 3. The molecule has 9 heteroatoms. The molecule has 3 rings (SSSR count). The van der Waals surface area contributed by atoms with Gasteiger partial charge >= 0.3 is 0 Å². The zero-order valence-corrected chi connectivity index (χ0v) is 22.4. The number of carbonyl (C=O) groups is 3. The van der Waals surface area contributed by atoms with Crippen molar-refractivity contribution < 1.29 is 34.8 Å². The van der Waals surface area contributed by atoms with Gasteiger partial charge in [-0.05, 0) is 74.7 Å². The van der Waals surface area contributed by atoms with Crippen molar-refractivity contribution >= 4 is 23.2 Å². The molecular formula is C28H40N2O7. The van der Waals surface area contributed by atoms with Gasteiger partial charge in [0.25, 0.3) is 0 Å². The molecule has 1 fully saturated rings. The maximum atomic E-state index is 13.8. The third-order valence-electron chi connectivity index (χ3n) is 7.85. The van der Waals surface area contributed by atoms with Crippen LogP contribution in [-0.2, 0) is 27.2 Å². The molecule has 0 saturated heterocycles. The summed E-state index contributed by atoms with van der Waals surface area (Å²) in [5.74, 6) is -5.33.